The van der Waals surface area contributed by atoms with Gasteiger partial charge in [0.15, 0.2) is 0 Å². The van der Waals surface area contributed by atoms with E-state index in [2.05, 4.69) is 9.97 Å². The molecule has 1 fully saturated rings. The van der Waals surface area contributed by atoms with Crippen LogP contribution in [-0.2, 0) is 19.7 Å². The van der Waals surface area contributed by atoms with Gasteiger partial charge in [-0.2, -0.15) is 0 Å². The van der Waals surface area contributed by atoms with Crippen molar-refractivity contribution in [3.8, 4) is 5.82 Å². The predicted molar refractivity (Wildman–Crippen MR) is 132 cm³/mol. The molecule has 10 heteroatoms. The third kappa shape index (κ3) is 6.41. The zero-order valence-electron chi connectivity index (χ0n) is 22.0. The van der Waals surface area contributed by atoms with Gasteiger partial charge in [-0.25, -0.2) is 24.5 Å². The maximum Gasteiger partial charge on any atom is 0.419 e. The Balaban J connectivity index is 1.74. The smallest absolute Gasteiger partial charge is 0.419 e. The normalized spacial score (nSPS) is 20.4. The average Bonchev–Trinajstić information content (AvgIpc) is 3.24. The fourth-order valence-electron chi connectivity index (χ4n) is 4.21. The van der Waals surface area contributed by atoms with E-state index in [-0.39, 0.29) is 18.4 Å². The van der Waals surface area contributed by atoms with Gasteiger partial charge in [0.25, 0.3) is 0 Å². The molecule has 2 amide bonds. The first-order valence-electron chi connectivity index (χ1n) is 12.0. The van der Waals surface area contributed by atoms with Crippen molar-refractivity contribution in [1.29, 1.82) is 0 Å². The number of imidazole rings is 1. The van der Waals surface area contributed by atoms with Crippen molar-refractivity contribution in [2.24, 2.45) is 11.8 Å². The number of carbonyl (C=O) groups is 3. The van der Waals surface area contributed by atoms with Gasteiger partial charge in [0.1, 0.15) is 28.8 Å². The molecule has 196 valence electrons. The summed E-state index contributed by atoms with van der Waals surface area (Å²) in [5, 5.41) is 10.1. The molecular weight excluding hydrogens is 464 g/mol. The number of pyridine rings is 1. The van der Waals surface area contributed by atoms with Crippen LogP contribution in [-0.4, -0.2) is 60.4 Å². The van der Waals surface area contributed by atoms with Gasteiger partial charge in [-0.05, 0) is 78.4 Å². The first-order valence-corrected chi connectivity index (χ1v) is 12.0. The minimum Gasteiger partial charge on any atom is -0.481 e. The van der Waals surface area contributed by atoms with E-state index in [9.17, 15) is 19.5 Å². The molecule has 2 heterocycles. The Bertz CT molecular complexity index is 1070. The summed E-state index contributed by atoms with van der Waals surface area (Å²) in [6.07, 6.45) is 4.24. The number of hydrogen-bond acceptors (Lipinski definition) is 7. The number of carboxylic acids is 1. The van der Waals surface area contributed by atoms with E-state index in [0.29, 0.717) is 24.4 Å². The molecule has 0 bridgehead atoms. The van der Waals surface area contributed by atoms with E-state index in [1.165, 1.54) is 0 Å². The van der Waals surface area contributed by atoms with Gasteiger partial charge in [0.05, 0.1) is 5.69 Å². The van der Waals surface area contributed by atoms with Crippen molar-refractivity contribution < 1.29 is 29.0 Å². The van der Waals surface area contributed by atoms with Gasteiger partial charge in [-0.3, -0.25) is 9.36 Å². The lowest BCUT2D eigenvalue weighted by Gasteiger charge is -2.30. The lowest BCUT2D eigenvalue weighted by atomic mass is 9.94. The van der Waals surface area contributed by atoms with E-state index >= 15 is 0 Å². The van der Waals surface area contributed by atoms with Gasteiger partial charge in [0, 0.05) is 18.9 Å². The summed E-state index contributed by atoms with van der Waals surface area (Å²) in [4.78, 5) is 47.6. The number of aromatic nitrogens is 3. The average molecular weight is 501 g/mol. The van der Waals surface area contributed by atoms with Gasteiger partial charge in [-0.15, -0.1) is 0 Å². The maximum atomic E-state index is 12.8. The Morgan fingerprint density at radius 3 is 2.22 bits per heavy atom. The molecule has 2 aromatic rings. The summed E-state index contributed by atoms with van der Waals surface area (Å²) in [7, 11) is 0. The van der Waals surface area contributed by atoms with E-state index in [4.69, 9.17) is 9.47 Å². The number of hydrogen-bond donors (Lipinski definition) is 1. The molecular formula is C26H36N4O6. The highest BCUT2D eigenvalue weighted by atomic mass is 16.6. The van der Waals surface area contributed by atoms with Gasteiger partial charge >= 0.3 is 18.2 Å². The summed E-state index contributed by atoms with van der Waals surface area (Å²) < 4.78 is 12.5. The third-order valence-electron chi connectivity index (χ3n) is 5.85. The molecule has 1 aliphatic rings. The molecule has 0 unspecified atom stereocenters. The van der Waals surface area contributed by atoms with Crippen molar-refractivity contribution in [3.63, 3.8) is 0 Å². The fourth-order valence-corrected chi connectivity index (χ4v) is 4.21. The SMILES string of the molecule is C[C@@H](C[C@@H]1C[C@@]1(C(=O)O)c1cn(-c2ccccn2)cn1)CN(C(=O)OC(C)(C)C)C(=O)OC(C)(C)C. The molecule has 0 aromatic carbocycles. The van der Waals surface area contributed by atoms with E-state index in [1.54, 1.807) is 70.9 Å². The molecule has 0 aliphatic heterocycles. The lowest BCUT2D eigenvalue weighted by molar-refractivity contribution is -0.140. The standard InChI is InChI=1S/C26H36N4O6/c1-17(14-30(22(33)35-24(2,3)4)23(34)36-25(5,6)7)12-18-13-26(18,21(31)32)19-15-29(16-28-19)20-10-8-9-11-27-20/h8-11,15-18H,12-14H2,1-7H3,(H,31,32)/t17-,18+,26-/m0/s1. The fraction of sp³-hybridized carbons (Fsp3) is 0.577. The molecule has 3 rings (SSSR count). The Morgan fingerprint density at radius 2 is 1.72 bits per heavy atom. The van der Waals surface area contributed by atoms with Crippen LogP contribution < -0.4 is 0 Å². The van der Waals surface area contributed by atoms with E-state index in [1.807, 2.05) is 19.1 Å². The molecule has 1 N–H and O–H groups in total. The minimum absolute atomic E-state index is 0.0401. The zero-order valence-corrected chi connectivity index (χ0v) is 22.0. The Labute approximate surface area is 211 Å². The van der Waals surface area contributed by atoms with Crippen LogP contribution in [0.3, 0.4) is 0 Å². The van der Waals surface area contributed by atoms with Gasteiger partial charge in [-0.1, -0.05) is 13.0 Å². The monoisotopic (exact) mass is 500 g/mol. The first-order chi connectivity index (χ1) is 16.6. The second kappa shape index (κ2) is 9.91. The molecule has 3 atom stereocenters. The molecule has 0 saturated heterocycles. The number of carboxylic acid groups (broad SMARTS) is 1. The maximum absolute atomic E-state index is 12.8. The van der Waals surface area contributed by atoms with Crippen LogP contribution in [0.4, 0.5) is 9.59 Å². The first kappa shape index (κ1) is 27.2. The summed E-state index contributed by atoms with van der Waals surface area (Å²) >= 11 is 0. The highest BCUT2D eigenvalue weighted by Crippen LogP contribution is 2.57. The Morgan fingerprint density at radius 1 is 1.11 bits per heavy atom. The van der Waals surface area contributed by atoms with Gasteiger partial charge in [0.2, 0.25) is 0 Å². The summed E-state index contributed by atoms with van der Waals surface area (Å²) in [5.41, 5.74) is -2.23. The van der Waals surface area contributed by atoms with Gasteiger partial charge < -0.3 is 14.6 Å². The number of aliphatic carboxylic acids is 1. The summed E-state index contributed by atoms with van der Waals surface area (Å²) in [5.74, 6) is -0.694. The Kier molecular flexibility index (Phi) is 7.48. The summed E-state index contributed by atoms with van der Waals surface area (Å²) in [6, 6.07) is 5.46. The lowest BCUT2D eigenvalue weighted by Crippen LogP contribution is -2.45. The van der Waals surface area contributed by atoms with E-state index in [0.717, 1.165) is 4.90 Å². The predicted octanol–water partition coefficient (Wildman–Crippen LogP) is 4.81. The number of nitrogens with zero attached hydrogens (tertiary/aromatic N) is 4. The van der Waals surface area contributed by atoms with Crippen LogP contribution in [0, 0.1) is 11.8 Å². The molecule has 36 heavy (non-hydrogen) atoms. The Hall–Kier alpha value is -3.43. The van der Waals surface area contributed by atoms with Crippen molar-refractivity contribution >= 4 is 18.2 Å². The molecule has 10 nitrogen and oxygen atoms in total. The van der Waals surface area contributed by atoms with Crippen LogP contribution in [0.5, 0.6) is 0 Å². The van der Waals surface area contributed by atoms with Crippen LogP contribution in [0.15, 0.2) is 36.9 Å². The number of imide groups is 1. The highest BCUT2D eigenvalue weighted by molar-refractivity contribution is 5.88. The second-order valence-corrected chi connectivity index (χ2v) is 11.4. The van der Waals surface area contributed by atoms with Crippen LogP contribution in [0.2, 0.25) is 0 Å². The van der Waals surface area contributed by atoms with Crippen molar-refractivity contribution in [3.05, 3.63) is 42.6 Å². The van der Waals surface area contributed by atoms with Crippen LogP contribution >= 0.6 is 0 Å². The quantitative estimate of drug-likeness (QED) is 0.574. The zero-order chi connectivity index (χ0) is 26.9. The third-order valence-corrected chi connectivity index (χ3v) is 5.85. The number of ether oxygens (including phenoxy) is 2. The highest BCUT2D eigenvalue weighted by Gasteiger charge is 2.63. The molecule has 0 spiro atoms. The minimum atomic E-state index is -1.11. The number of rotatable bonds is 7. The van der Waals surface area contributed by atoms with Crippen molar-refractivity contribution in [1.82, 2.24) is 19.4 Å². The van der Waals surface area contributed by atoms with Crippen LogP contribution in [0.1, 0.15) is 67.0 Å². The molecule has 1 saturated carbocycles. The number of carbonyl (C=O) groups excluding carboxylic acids is 2. The number of amides is 2. The van der Waals surface area contributed by atoms with Crippen molar-refractivity contribution in [2.75, 3.05) is 6.54 Å². The summed E-state index contributed by atoms with van der Waals surface area (Å²) in [6.45, 7) is 12.2. The molecule has 1 aliphatic carbocycles. The van der Waals surface area contributed by atoms with Crippen molar-refractivity contribution in [2.45, 2.75) is 77.9 Å². The van der Waals surface area contributed by atoms with Crippen LogP contribution in [0.25, 0.3) is 5.82 Å². The largest absolute Gasteiger partial charge is 0.481 e. The second-order valence-electron chi connectivity index (χ2n) is 11.4. The topological polar surface area (TPSA) is 124 Å². The molecule has 0 radical (unpaired) electrons. The molecule has 2 aromatic heterocycles. The van der Waals surface area contributed by atoms with E-state index < -0.39 is 34.8 Å².